The van der Waals surface area contributed by atoms with Gasteiger partial charge in [-0.25, -0.2) is 0 Å². The number of nitrogens with two attached hydrogens (primary N) is 2. The van der Waals surface area contributed by atoms with Crippen molar-refractivity contribution < 1.29 is 29.1 Å². The fourth-order valence-corrected chi connectivity index (χ4v) is 4.90. The summed E-state index contributed by atoms with van der Waals surface area (Å²) in [5.74, 6) is -4.33. The van der Waals surface area contributed by atoms with E-state index in [0.717, 1.165) is 37.7 Å². The number of hydrogen-bond acceptors (Lipinski definition) is 7. The number of aryl methyl sites for hydroxylation is 1. The smallest absolute Gasteiger partial charge is 0.305 e. The van der Waals surface area contributed by atoms with Crippen molar-refractivity contribution in [2.75, 3.05) is 13.1 Å². The number of rotatable bonds is 15. The third-order valence-electron chi connectivity index (χ3n) is 6.92. The minimum absolute atomic E-state index is 0.0494. The summed E-state index contributed by atoms with van der Waals surface area (Å²) in [7, 11) is 0. The second-order valence-corrected chi connectivity index (χ2v) is 9.71. The van der Waals surface area contributed by atoms with E-state index in [9.17, 15) is 24.0 Å². The van der Waals surface area contributed by atoms with Gasteiger partial charge in [0, 0.05) is 25.4 Å². The zero-order valence-corrected chi connectivity index (χ0v) is 21.5. The van der Waals surface area contributed by atoms with Crippen molar-refractivity contribution in [3.8, 4) is 0 Å². The molecule has 1 aliphatic rings. The van der Waals surface area contributed by atoms with E-state index in [2.05, 4.69) is 10.3 Å². The molecule has 1 aromatic heterocycles. The van der Waals surface area contributed by atoms with Crippen LogP contribution < -0.4 is 16.8 Å². The highest BCUT2D eigenvalue weighted by molar-refractivity contribution is 6.15. The SMILES string of the molecule is CCN(CC(=O)N[C@@](CC1CCCCC1)(C(N)=O)C(=O)[C@@H](N)CC(=O)O)C(=O)CCCc1ccncc1. The average molecular weight is 518 g/mol. The van der Waals surface area contributed by atoms with Gasteiger partial charge in [0.25, 0.3) is 5.91 Å². The monoisotopic (exact) mass is 517 g/mol. The molecule has 0 saturated heterocycles. The Hall–Kier alpha value is -3.34. The van der Waals surface area contributed by atoms with Crippen molar-refractivity contribution in [3.05, 3.63) is 30.1 Å². The molecule has 0 aromatic carbocycles. The average Bonchev–Trinajstić information content (AvgIpc) is 2.87. The predicted octanol–water partition coefficient (Wildman–Crippen LogP) is 0.935. The fraction of sp³-hybridized carbons (Fsp3) is 0.615. The molecule has 1 heterocycles. The maximum atomic E-state index is 13.3. The van der Waals surface area contributed by atoms with Crippen LogP contribution in [0.1, 0.15) is 70.3 Å². The van der Waals surface area contributed by atoms with Crippen molar-refractivity contribution in [1.82, 2.24) is 15.2 Å². The molecular weight excluding hydrogens is 478 g/mol. The molecule has 0 unspecified atom stereocenters. The zero-order valence-electron chi connectivity index (χ0n) is 21.5. The molecule has 0 bridgehead atoms. The van der Waals surface area contributed by atoms with Gasteiger partial charge in [-0.1, -0.05) is 32.1 Å². The first-order valence-electron chi connectivity index (χ1n) is 12.9. The van der Waals surface area contributed by atoms with E-state index in [-0.39, 0.29) is 37.8 Å². The van der Waals surface area contributed by atoms with Crippen molar-refractivity contribution in [2.45, 2.75) is 82.7 Å². The first-order chi connectivity index (χ1) is 17.6. The molecule has 2 atom stereocenters. The van der Waals surface area contributed by atoms with Gasteiger partial charge >= 0.3 is 5.97 Å². The van der Waals surface area contributed by atoms with E-state index in [4.69, 9.17) is 16.6 Å². The lowest BCUT2D eigenvalue weighted by atomic mass is 9.75. The molecule has 1 aliphatic carbocycles. The Balaban J connectivity index is 2.13. The summed E-state index contributed by atoms with van der Waals surface area (Å²) < 4.78 is 0. The maximum absolute atomic E-state index is 13.3. The highest BCUT2D eigenvalue weighted by atomic mass is 16.4. The number of carbonyl (C=O) groups excluding carboxylic acids is 4. The summed E-state index contributed by atoms with van der Waals surface area (Å²) >= 11 is 0. The topological polar surface area (TPSA) is 186 Å². The van der Waals surface area contributed by atoms with Gasteiger partial charge in [0.05, 0.1) is 19.0 Å². The number of nitrogens with zero attached hydrogens (tertiary/aromatic N) is 2. The summed E-state index contributed by atoms with van der Waals surface area (Å²) in [6, 6.07) is 2.22. The molecule has 11 heteroatoms. The quantitative estimate of drug-likeness (QED) is 0.247. The minimum Gasteiger partial charge on any atom is -0.481 e. The molecule has 1 fully saturated rings. The Labute approximate surface area is 217 Å². The number of ketones is 1. The predicted molar refractivity (Wildman–Crippen MR) is 136 cm³/mol. The van der Waals surface area contributed by atoms with E-state index < -0.39 is 41.6 Å². The number of carboxylic acids is 1. The lowest BCUT2D eigenvalue weighted by molar-refractivity contribution is -0.146. The van der Waals surface area contributed by atoms with Crippen LogP contribution in [0.5, 0.6) is 0 Å². The van der Waals surface area contributed by atoms with E-state index in [1.54, 1.807) is 19.3 Å². The lowest BCUT2D eigenvalue weighted by Gasteiger charge is -2.36. The van der Waals surface area contributed by atoms with E-state index in [1.807, 2.05) is 12.1 Å². The largest absolute Gasteiger partial charge is 0.481 e. The van der Waals surface area contributed by atoms with Gasteiger partial charge in [-0.3, -0.25) is 29.0 Å². The number of pyridine rings is 1. The van der Waals surface area contributed by atoms with Gasteiger partial charge in [0.1, 0.15) is 0 Å². The van der Waals surface area contributed by atoms with Gasteiger partial charge in [-0.2, -0.15) is 0 Å². The third-order valence-corrected chi connectivity index (χ3v) is 6.92. The van der Waals surface area contributed by atoms with Gasteiger partial charge in [0.2, 0.25) is 11.8 Å². The van der Waals surface area contributed by atoms with Crippen LogP contribution in [0.4, 0.5) is 0 Å². The van der Waals surface area contributed by atoms with Crippen LogP contribution in [0.15, 0.2) is 24.5 Å². The fourth-order valence-electron chi connectivity index (χ4n) is 4.90. The summed E-state index contributed by atoms with van der Waals surface area (Å²) in [5.41, 5.74) is 10.4. The number of carbonyl (C=O) groups is 5. The summed E-state index contributed by atoms with van der Waals surface area (Å²) in [6.45, 7) is 1.61. The molecule has 0 aliphatic heterocycles. The number of primary amides is 1. The normalized spacial score (nSPS) is 16.3. The Bertz CT molecular complexity index is 950. The molecule has 2 rings (SSSR count). The number of amides is 3. The molecule has 204 valence electrons. The minimum atomic E-state index is -2.14. The Morgan fingerprint density at radius 3 is 2.38 bits per heavy atom. The lowest BCUT2D eigenvalue weighted by Crippen LogP contribution is -2.68. The van der Waals surface area contributed by atoms with Crippen LogP contribution in [0.2, 0.25) is 0 Å². The first kappa shape index (κ1) is 29.9. The number of hydrogen-bond donors (Lipinski definition) is 4. The number of likely N-dealkylation sites (N-methyl/N-ethyl adjacent to an activating group) is 1. The van der Waals surface area contributed by atoms with Crippen molar-refractivity contribution in [2.24, 2.45) is 17.4 Å². The number of Topliss-reactive ketones (excluding diaryl/α,β-unsaturated/α-hetero) is 1. The number of aliphatic carboxylic acids is 1. The number of aromatic nitrogens is 1. The molecule has 6 N–H and O–H groups in total. The van der Waals surface area contributed by atoms with Crippen LogP contribution in [-0.2, 0) is 30.4 Å². The van der Waals surface area contributed by atoms with Gasteiger partial charge in [-0.05, 0) is 49.8 Å². The van der Waals surface area contributed by atoms with Crippen molar-refractivity contribution in [3.63, 3.8) is 0 Å². The van der Waals surface area contributed by atoms with Gasteiger partial charge in [0.15, 0.2) is 11.3 Å². The van der Waals surface area contributed by atoms with Gasteiger partial charge in [-0.15, -0.1) is 0 Å². The van der Waals surface area contributed by atoms with Gasteiger partial charge < -0.3 is 26.8 Å². The van der Waals surface area contributed by atoms with E-state index in [0.29, 0.717) is 12.8 Å². The molecule has 3 amide bonds. The molecule has 1 aromatic rings. The standard InChI is InChI=1S/C26H39N5O6/c1-2-31(22(33)10-6-9-18-11-13-29-14-12-18)17-21(32)30-26(25(28)37,16-19-7-4-3-5-8-19)24(36)20(27)15-23(34)35/h11-14,19-20H,2-10,15-17,27H2,1H3,(H2,28,37)(H,30,32)(H,34,35)/t20-,26+/m0/s1. The Morgan fingerprint density at radius 2 is 1.81 bits per heavy atom. The van der Waals surface area contributed by atoms with Crippen LogP contribution in [0.25, 0.3) is 0 Å². The van der Waals surface area contributed by atoms with Crippen molar-refractivity contribution in [1.29, 1.82) is 0 Å². The second-order valence-electron chi connectivity index (χ2n) is 9.71. The summed E-state index contributed by atoms with van der Waals surface area (Å²) in [5, 5.41) is 11.6. The Kier molecular flexibility index (Phi) is 11.6. The number of nitrogens with one attached hydrogen (secondary N) is 1. The molecule has 37 heavy (non-hydrogen) atoms. The van der Waals surface area contributed by atoms with Crippen LogP contribution >= 0.6 is 0 Å². The molecule has 0 radical (unpaired) electrons. The van der Waals surface area contributed by atoms with E-state index in [1.165, 1.54) is 4.90 Å². The van der Waals surface area contributed by atoms with Crippen LogP contribution in [0, 0.1) is 5.92 Å². The highest BCUT2D eigenvalue weighted by Gasteiger charge is 2.49. The third kappa shape index (κ3) is 8.92. The number of carboxylic acid groups (broad SMARTS) is 1. The summed E-state index contributed by atoms with van der Waals surface area (Å²) in [6.07, 6.45) is 8.47. The Morgan fingerprint density at radius 1 is 1.16 bits per heavy atom. The highest BCUT2D eigenvalue weighted by Crippen LogP contribution is 2.32. The molecule has 0 spiro atoms. The maximum Gasteiger partial charge on any atom is 0.305 e. The van der Waals surface area contributed by atoms with Crippen LogP contribution in [-0.4, -0.2) is 69.1 Å². The zero-order chi connectivity index (χ0) is 27.4. The second kappa shape index (κ2) is 14.4. The summed E-state index contributed by atoms with van der Waals surface area (Å²) in [4.78, 5) is 68.4. The first-order valence-corrected chi connectivity index (χ1v) is 12.9. The molecule has 11 nitrogen and oxygen atoms in total. The molecular formula is C26H39N5O6. The molecule has 1 saturated carbocycles. The van der Waals surface area contributed by atoms with E-state index >= 15 is 0 Å². The van der Waals surface area contributed by atoms with Crippen LogP contribution in [0.3, 0.4) is 0 Å². The van der Waals surface area contributed by atoms with Crippen molar-refractivity contribution >= 4 is 29.5 Å².